The Hall–Kier alpha value is -0.870. The van der Waals surface area contributed by atoms with E-state index in [0.717, 1.165) is 11.1 Å². The molecule has 0 radical (unpaired) electrons. The number of rotatable bonds is 2. The summed E-state index contributed by atoms with van der Waals surface area (Å²) in [6, 6.07) is 4.08. The van der Waals surface area contributed by atoms with Gasteiger partial charge in [-0.1, -0.05) is 12.1 Å². The highest BCUT2D eigenvalue weighted by atomic mass is 32.2. The van der Waals surface area contributed by atoms with Crippen molar-refractivity contribution in [3.05, 3.63) is 34.4 Å². The Kier molecular flexibility index (Phi) is 3.52. The van der Waals surface area contributed by atoms with Gasteiger partial charge >= 0.3 is 0 Å². The van der Waals surface area contributed by atoms with E-state index in [1.54, 1.807) is 0 Å². The molecule has 3 nitrogen and oxygen atoms in total. The van der Waals surface area contributed by atoms with E-state index in [1.165, 1.54) is 11.1 Å². The molecule has 1 saturated heterocycles. The number of benzene rings is 1. The van der Waals surface area contributed by atoms with Crippen LogP contribution >= 0.6 is 0 Å². The lowest BCUT2D eigenvalue weighted by Gasteiger charge is -2.21. The molecule has 1 aromatic rings. The molecule has 0 aliphatic carbocycles. The molecule has 0 aromatic heterocycles. The Balaban J connectivity index is 2.30. The minimum absolute atomic E-state index is 0.0656. The molecule has 4 heteroatoms. The van der Waals surface area contributed by atoms with E-state index in [0.29, 0.717) is 6.42 Å². The van der Waals surface area contributed by atoms with Gasteiger partial charge < -0.3 is 5.73 Å². The van der Waals surface area contributed by atoms with Gasteiger partial charge in [0.15, 0.2) is 9.84 Å². The van der Waals surface area contributed by atoms with Crippen molar-refractivity contribution < 1.29 is 8.42 Å². The summed E-state index contributed by atoms with van der Waals surface area (Å²) < 4.78 is 23.1. The van der Waals surface area contributed by atoms with Gasteiger partial charge in [-0.2, -0.15) is 0 Å². The predicted octanol–water partition coefficient (Wildman–Crippen LogP) is 2.05. The molecule has 0 spiro atoms. The van der Waals surface area contributed by atoms with E-state index < -0.39 is 9.84 Å². The fraction of sp³-hybridized carbons (Fsp3) is 0.571. The van der Waals surface area contributed by atoms with E-state index in [1.807, 2.05) is 6.92 Å². The van der Waals surface area contributed by atoms with E-state index in [2.05, 4.69) is 26.0 Å². The predicted molar refractivity (Wildman–Crippen MR) is 74.3 cm³/mol. The third-order valence-corrected chi connectivity index (χ3v) is 5.81. The van der Waals surface area contributed by atoms with Gasteiger partial charge in [-0.05, 0) is 55.4 Å². The lowest BCUT2D eigenvalue weighted by molar-refractivity contribution is 0.478. The van der Waals surface area contributed by atoms with Crippen molar-refractivity contribution in [3.63, 3.8) is 0 Å². The molecule has 0 amide bonds. The van der Waals surface area contributed by atoms with E-state index in [4.69, 9.17) is 5.73 Å². The first-order valence-electron chi connectivity index (χ1n) is 6.34. The molecule has 1 fully saturated rings. The van der Waals surface area contributed by atoms with Crippen molar-refractivity contribution in [2.45, 2.75) is 33.2 Å². The quantitative estimate of drug-likeness (QED) is 0.892. The molecule has 2 rings (SSSR count). The SMILES string of the molecule is Cc1cc(C)c(C(N)C2CCS(=O)(=O)C2)cc1C. The maximum Gasteiger partial charge on any atom is 0.150 e. The van der Waals surface area contributed by atoms with E-state index >= 15 is 0 Å². The third-order valence-electron chi connectivity index (χ3n) is 4.02. The second-order valence-corrected chi connectivity index (χ2v) is 7.71. The van der Waals surface area contributed by atoms with Gasteiger partial charge in [-0.3, -0.25) is 0 Å². The van der Waals surface area contributed by atoms with Gasteiger partial charge in [0.1, 0.15) is 0 Å². The zero-order valence-electron chi connectivity index (χ0n) is 11.2. The average molecular weight is 267 g/mol. The molecule has 2 unspecified atom stereocenters. The molecule has 18 heavy (non-hydrogen) atoms. The van der Waals surface area contributed by atoms with Crippen LogP contribution in [0.1, 0.15) is 34.7 Å². The van der Waals surface area contributed by atoms with Gasteiger partial charge in [0, 0.05) is 6.04 Å². The van der Waals surface area contributed by atoms with E-state index in [-0.39, 0.29) is 23.5 Å². The molecule has 1 heterocycles. The highest BCUT2D eigenvalue weighted by molar-refractivity contribution is 7.91. The Morgan fingerprint density at radius 2 is 1.78 bits per heavy atom. The van der Waals surface area contributed by atoms with Crippen LogP contribution in [0.5, 0.6) is 0 Å². The fourth-order valence-electron chi connectivity index (χ4n) is 2.70. The van der Waals surface area contributed by atoms with Crippen LogP contribution in [-0.4, -0.2) is 19.9 Å². The highest BCUT2D eigenvalue weighted by Crippen LogP contribution is 2.32. The maximum atomic E-state index is 11.5. The van der Waals surface area contributed by atoms with Crippen molar-refractivity contribution in [2.24, 2.45) is 11.7 Å². The van der Waals surface area contributed by atoms with Crippen molar-refractivity contribution in [2.75, 3.05) is 11.5 Å². The molecule has 1 aliphatic rings. The lowest BCUT2D eigenvalue weighted by atomic mass is 9.88. The summed E-state index contributed by atoms with van der Waals surface area (Å²) in [5, 5.41) is 0. The highest BCUT2D eigenvalue weighted by Gasteiger charge is 2.33. The van der Waals surface area contributed by atoms with Crippen LogP contribution in [0.3, 0.4) is 0 Å². The summed E-state index contributed by atoms with van der Waals surface area (Å²) in [6.07, 6.45) is 0.690. The molecule has 1 aliphatic heterocycles. The molecular formula is C14H21NO2S. The molecule has 0 saturated carbocycles. The van der Waals surface area contributed by atoms with Crippen LogP contribution in [0.15, 0.2) is 12.1 Å². The molecule has 2 atom stereocenters. The van der Waals surface area contributed by atoms with E-state index in [9.17, 15) is 8.42 Å². The summed E-state index contributed by atoms with van der Waals surface area (Å²) in [6.45, 7) is 6.19. The van der Waals surface area contributed by atoms with Crippen LogP contribution in [0.25, 0.3) is 0 Å². The first kappa shape index (κ1) is 13.6. The second-order valence-electron chi connectivity index (χ2n) is 5.48. The monoisotopic (exact) mass is 267 g/mol. The van der Waals surface area contributed by atoms with Crippen LogP contribution in [-0.2, 0) is 9.84 Å². The summed E-state index contributed by atoms with van der Waals surface area (Å²) in [4.78, 5) is 0. The number of hydrogen-bond acceptors (Lipinski definition) is 3. The number of sulfone groups is 1. The smallest absolute Gasteiger partial charge is 0.150 e. The van der Waals surface area contributed by atoms with Crippen LogP contribution < -0.4 is 5.73 Å². The molecule has 1 aromatic carbocycles. The maximum absolute atomic E-state index is 11.5. The van der Waals surface area contributed by atoms with Gasteiger partial charge in [0.05, 0.1) is 11.5 Å². The Bertz CT molecular complexity index is 563. The lowest BCUT2D eigenvalue weighted by Crippen LogP contribution is -2.23. The Morgan fingerprint density at radius 3 is 2.33 bits per heavy atom. The van der Waals surface area contributed by atoms with Gasteiger partial charge in [0.2, 0.25) is 0 Å². The van der Waals surface area contributed by atoms with Gasteiger partial charge in [0.25, 0.3) is 0 Å². The first-order valence-corrected chi connectivity index (χ1v) is 8.16. The summed E-state index contributed by atoms with van der Waals surface area (Å²) in [5.74, 6) is 0.589. The molecule has 2 N–H and O–H groups in total. The number of aryl methyl sites for hydroxylation is 3. The molecule has 100 valence electrons. The van der Waals surface area contributed by atoms with Crippen LogP contribution in [0, 0.1) is 26.7 Å². The Morgan fingerprint density at radius 1 is 1.17 bits per heavy atom. The van der Waals surface area contributed by atoms with Crippen LogP contribution in [0.2, 0.25) is 0 Å². The fourth-order valence-corrected chi connectivity index (χ4v) is 4.56. The summed E-state index contributed by atoms with van der Waals surface area (Å²) in [7, 11) is -2.86. The van der Waals surface area contributed by atoms with Crippen molar-refractivity contribution >= 4 is 9.84 Å². The first-order chi connectivity index (χ1) is 8.30. The number of hydrogen-bond donors (Lipinski definition) is 1. The largest absolute Gasteiger partial charge is 0.324 e. The topological polar surface area (TPSA) is 60.2 Å². The second kappa shape index (κ2) is 4.67. The van der Waals surface area contributed by atoms with Crippen molar-refractivity contribution in [3.8, 4) is 0 Å². The molecule has 0 bridgehead atoms. The molecular weight excluding hydrogens is 246 g/mol. The van der Waals surface area contributed by atoms with Gasteiger partial charge in [-0.25, -0.2) is 8.42 Å². The van der Waals surface area contributed by atoms with Crippen molar-refractivity contribution in [1.82, 2.24) is 0 Å². The normalized spacial score (nSPS) is 24.1. The zero-order valence-corrected chi connectivity index (χ0v) is 12.0. The third kappa shape index (κ3) is 2.59. The summed E-state index contributed by atoms with van der Waals surface area (Å²) in [5.41, 5.74) is 11.0. The van der Waals surface area contributed by atoms with Gasteiger partial charge in [-0.15, -0.1) is 0 Å². The minimum atomic E-state index is -2.86. The summed E-state index contributed by atoms with van der Waals surface area (Å²) >= 11 is 0. The Labute approximate surface area is 109 Å². The number of nitrogens with two attached hydrogens (primary N) is 1. The standard InChI is InChI=1S/C14H21NO2S/c1-9-6-11(3)13(7-10(9)2)14(15)12-4-5-18(16,17)8-12/h6-7,12,14H,4-5,8,15H2,1-3H3. The minimum Gasteiger partial charge on any atom is -0.324 e. The van der Waals surface area contributed by atoms with Crippen molar-refractivity contribution in [1.29, 1.82) is 0 Å². The van der Waals surface area contributed by atoms with Crippen LogP contribution in [0.4, 0.5) is 0 Å². The zero-order chi connectivity index (χ0) is 13.5. The average Bonchev–Trinajstić information content (AvgIpc) is 2.63.